The molecule has 1 N–H and O–H groups in total. The van der Waals surface area contributed by atoms with Gasteiger partial charge in [-0.2, -0.15) is 0 Å². The van der Waals surface area contributed by atoms with Crippen molar-refractivity contribution in [1.82, 2.24) is 14.9 Å². The highest BCUT2D eigenvalue weighted by atomic mass is 16.1. The average Bonchev–Trinajstić information content (AvgIpc) is 3.23. The van der Waals surface area contributed by atoms with Gasteiger partial charge in [-0.15, -0.1) is 0 Å². The maximum atomic E-state index is 12.1. The standard InChI is InChI=1S/C30H33N3O/c34-30(22-21-26-15-6-2-7-16-26)31-23-11-3-8-20-29-32-27-18-9-10-19-28(27)33(29)24-12-17-25-13-4-1-5-14-25/h1-2,4-7,9-10,12-19H,3,8,11,20-24H2,(H,31,34)/b17-12+. The lowest BCUT2D eigenvalue weighted by Crippen LogP contribution is -2.24. The van der Waals surface area contributed by atoms with Gasteiger partial charge in [0.2, 0.25) is 5.91 Å². The van der Waals surface area contributed by atoms with E-state index in [2.05, 4.69) is 76.6 Å². The van der Waals surface area contributed by atoms with Crippen molar-refractivity contribution in [1.29, 1.82) is 0 Å². The average molecular weight is 452 g/mol. The lowest BCUT2D eigenvalue weighted by atomic mass is 10.1. The number of nitrogens with zero attached hydrogens (tertiary/aromatic N) is 2. The molecule has 34 heavy (non-hydrogen) atoms. The molecule has 0 saturated carbocycles. The molecular weight excluding hydrogens is 418 g/mol. The Bertz CT molecular complexity index is 1200. The molecule has 1 amide bonds. The molecule has 4 rings (SSSR count). The third kappa shape index (κ3) is 6.92. The lowest BCUT2D eigenvalue weighted by molar-refractivity contribution is -0.121. The van der Waals surface area contributed by atoms with Crippen LogP contribution in [0.15, 0.2) is 91.0 Å². The monoisotopic (exact) mass is 451 g/mol. The van der Waals surface area contributed by atoms with Crippen LogP contribution in [0.4, 0.5) is 0 Å². The van der Waals surface area contributed by atoms with Crippen molar-refractivity contribution in [3.63, 3.8) is 0 Å². The van der Waals surface area contributed by atoms with Crippen LogP contribution in [0.25, 0.3) is 17.1 Å². The number of benzene rings is 3. The Hall–Kier alpha value is -3.66. The molecule has 4 nitrogen and oxygen atoms in total. The van der Waals surface area contributed by atoms with E-state index in [-0.39, 0.29) is 5.91 Å². The van der Waals surface area contributed by atoms with Gasteiger partial charge in [0.25, 0.3) is 0 Å². The summed E-state index contributed by atoms with van der Waals surface area (Å²) in [4.78, 5) is 17.0. The number of imidazole rings is 1. The fraction of sp³-hybridized carbons (Fsp3) is 0.267. The van der Waals surface area contributed by atoms with Gasteiger partial charge in [-0.3, -0.25) is 4.79 Å². The van der Waals surface area contributed by atoms with Gasteiger partial charge in [0.15, 0.2) is 0 Å². The Morgan fingerprint density at radius 3 is 2.38 bits per heavy atom. The Balaban J connectivity index is 1.22. The number of nitrogens with one attached hydrogen (secondary N) is 1. The van der Waals surface area contributed by atoms with Crippen LogP contribution in [0.1, 0.15) is 42.6 Å². The van der Waals surface area contributed by atoms with Crippen LogP contribution in [0.5, 0.6) is 0 Å². The molecule has 0 aliphatic carbocycles. The number of allylic oxidation sites excluding steroid dienone is 1. The van der Waals surface area contributed by atoms with Crippen LogP contribution < -0.4 is 5.32 Å². The lowest BCUT2D eigenvalue weighted by Gasteiger charge is -2.08. The quantitative estimate of drug-likeness (QED) is 0.260. The molecular formula is C30H33N3O. The minimum Gasteiger partial charge on any atom is -0.356 e. The maximum Gasteiger partial charge on any atom is 0.220 e. The molecule has 4 heteroatoms. The summed E-state index contributed by atoms with van der Waals surface area (Å²) in [6, 6.07) is 28.9. The first-order valence-corrected chi connectivity index (χ1v) is 12.3. The summed E-state index contributed by atoms with van der Waals surface area (Å²) in [7, 11) is 0. The summed E-state index contributed by atoms with van der Waals surface area (Å²) in [5.74, 6) is 1.27. The number of carbonyl (C=O) groups is 1. The van der Waals surface area contributed by atoms with E-state index in [0.717, 1.165) is 56.5 Å². The Kier molecular flexibility index (Phi) is 8.67. The second kappa shape index (κ2) is 12.5. The van der Waals surface area contributed by atoms with Crippen molar-refractivity contribution in [3.8, 4) is 0 Å². The van der Waals surface area contributed by atoms with E-state index >= 15 is 0 Å². The molecule has 1 heterocycles. The van der Waals surface area contributed by atoms with E-state index in [1.54, 1.807) is 0 Å². The first-order chi connectivity index (χ1) is 16.8. The van der Waals surface area contributed by atoms with E-state index in [9.17, 15) is 4.79 Å². The predicted molar refractivity (Wildman–Crippen MR) is 141 cm³/mol. The number of fused-ring (bicyclic) bond motifs is 1. The zero-order valence-electron chi connectivity index (χ0n) is 19.7. The SMILES string of the molecule is O=C(CCc1ccccc1)NCCCCCc1nc2ccccc2n1C/C=C/c1ccccc1. The third-order valence-corrected chi connectivity index (χ3v) is 6.01. The molecule has 0 fully saturated rings. The van der Waals surface area contributed by atoms with Gasteiger partial charge in [-0.05, 0) is 42.5 Å². The Morgan fingerprint density at radius 2 is 1.56 bits per heavy atom. The van der Waals surface area contributed by atoms with E-state index in [1.807, 2.05) is 30.3 Å². The second-order valence-corrected chi connectivity index (χ2v) is 8.59. The molecule has 4 aromatic rings. The van der Waals surface area contributed by atoms with Crippen LogP contribution in [-0.4, -0.2) is 22.0 Å². The van der Waals surface area contributed by atoms with Crippen molar-refractivity contribution < 1.29 is 4.79 Å². The minimum atomic E-state index is 0.135. The number of aryl methyl sites for hydroxylation is 2. The normalized spacial score (nSPS) is 11.3. The molecule has 0 aliphatic rings. The highest BCUT2D eigenvalue weighted by molar-refractivity contribution is 5.76. The van der Waals surface area contributed by atoms with E-state index < -0.39 is 0 Å². The second-order valence-electron chi connectivity index (χ2n) is 8.59. The van der Waals surface area contributed by atoms with Crippen molar-refractivity contribution in [3.05, 3.63) is 108 Å². The van der Waals surface area contributed by atoms with Crippen LogP contribution in [0.2, 0.25) is 0 Å². The highest BCUT2D eigenvalue weighted by Gasteiger charge is 2.09. The Labute approximate surface area is 202 Å². The fourth-order valence-electron chi connectivity index (χ4n) is 4.18. The van der Waals surface area contributed by atoms with Gasteiger partial charge in [0, 0.05) is 25.9 Å². The van der Waals surface area contributed by atoms with Crippen molar-refractivity contribution >= 4 is 23.0 Å². The van der Waals surface area contributed by atoms with Crippen LogP contribution >= 0.6 is 0 Å². The molecule has 0 aliphatic heterocycles. The van der Waals surface area contributed by atoms with Crippen LogP contribution in [-0.2, 0) is 24.2 Å². The predicted octanol–water partition coefficient (Wildman–Crippen LogP) is 6.21. The number of rotatable bonds is 12. The fourth-order valence-corrected chi connectivity index (χ4v) is 4.18. The van der Waals surface area contributed by atoms with Gasteiger partial charge in [0.1, 0.15) is 5.82 Å². The van der Waals surface area contributed by atoms with E-state index in [0.29, 0.717) is 6.42 Å². The molecule has 0 unspecified atom stereocenters. The number of aromatic nitrogens is 2. The van der Waals surface area contributed by atoms with E-state index in [1.165, 1.54) is 16.6 Å². The molecule has 1 aromatic heterocycles. The number of hydrogen-bond acceptors (Lipinski definition) is 2. The van der Waals surface area contributed by atoms with Gasteiger partial charge >= 0.3 is 0 Å². The number of amides is 1. The van der Waals surface area contributed by atoms with Crippen molar-refractivity contribution in [2.24, 2.45) is 0 Å². The van der Waals surface area contributed by atoms with Gasteiger partial charge in [-0.25, -0.2) is 4.98 Å². The summed E-state index contributed by atoms with van der Waals surface area (Å²) < 4.78 is 2.32. The first kappa shape index (κ1) is 23.5. The molecule has 174 valence electrons. The number of hydrogen-bond donors (Lipinski definition) is 1. The molecule has 3 aromatic carbocycles. The topological polar surface area (TPSA) is 46.9 Å². The summed E-state index contributed by atoms with van der Waals surface area (Å²) >= 11 is 0. The summed E-state index contributed by atoms with van der Waals surface area (Å²) in [6.07, 6.45) is 9.78. The van der Waals surface area contributed by atoms with Gasteiger partial charge in [-0.1, -0.05) is 91.4 Å². The largest absolute Gasteiger partial charge is 0.356 e. The number of carbonyl (C=O) groups excluding carboxylic acids is 1. The Morgan fingerprint density at radius 1 is 0.824 bits per heavy atom. The molecule has 0 saturated heterocycles. The molecule has 0 atom stereocenters. The number of para-hydroxylation sites is 2. The third-order valence-electron chi connectivity index (χ3n) is 6.01. The van der Waals surface area contributed by atoms with Crippen LogP contribution in [0.3, 0.4) is 0 Å². The summed E-state index contributed by atoms with van der Waals surface area (Å²) in [5.41, 5.74) is 4.65. The maximum absolute atomic E-state index is 12.1. The van der Waals surface area contributed by atoms with Gasteiger partial charge < -0.3 is 9.88 Å². The minimum absolute atomic E-state index is 0.135. The summed E-state index contributed by atoms with van der Waals surface area (Å²) in [5, 5.41) is 3.06. The summed E-state index contributed by atoms with van der Waals surface area (Å²) in [6.45, 7) is 1.55. The molecule has 0 bridgehead atoms. The first-order valence-electron chi connectivity index (χ1n) is 12.3. The van der Waals surface area contributed by atoms with Crippen molar-refractivity contribution in [2.75, 3.05) is 6.54 Å². The van der Waals surface area contributed by atoms with Crippen LogP contribution in [0, 0.1) is 0 Å². The smallest absolute Gasteiger partial charge is 0.220 e. The zero-order valence-corrected chi connectivity index (χ0v) is 19.7. The molecule has 0 radical (unpaired) electrons. The number of unbranched alkanes of at least 4 members (excludes halogenated alkanes) is 2. The highest BCUT2D eigenvalue weighted by Crippen LogP contribution is 2.18. The van der Waals surface area contributed by atoms with Crippen molar-refractivity contribution in [2.45, 2.75) is 45.1 Å². The van der Waals surface area contributed by atoms with E-state index in [4.69, 9.17) is 4.98 Å². The molecule has 0 spiro atoms. The zero-order chi connectivity index (χ0) is 23.4. The van der Waals surface area contributed by atoms with Gasteiger partial charge in [0.05, 0.1) is 11.0 Å².